The monoisotopic (exact) mass is 261 g/mol. The van der Waals surface area contributed by atoms with E-state index in [0.29, 0.717) is 11.8 Å². The van der Waals surface area contributed by atoms with Crippen LogP contribution in [-0.2, 0) is 5.60 Å². The average molecular weight is 261 g/mol. The molecule has 3 nitrogen and oxygen atoms in total. The highest BCUT2D eigenvalue weighted by Crippen LogP contribution is 2.62. The lowest BCUT2D eigenvalue weighted by atomic mass is 9.59. The average Bonchev–Trinajstić information content (AvgIpc) is 2.73. The molecular weight excluding hydrogens is 238 g/mol. The molecule has 2 N–H and O–H groups in total. The first-order valence-corrected chi connectivity index (χ1v) is 7.36. The van der Waals surface area contributed by atoms with Crippen LogP contribution in [0.2, 0.25) is 0 Å². The normalized spacial score (nSPS) is 42.1. The van der Waals surface area contributed by atoms with Crippen molar-refractivity contribution in [3.63, 3.8) is 0 Å². The zero-order valence-corrected chi connectivity index (χ0v) is 11.5. The number of hydrogen-bond donors (Lipinski definition) is 2. The smallest absolute Gasteiger partial charge is 0.112 e. The first-order chi connectivity index (χ1) is 9.12. The summed E-state index contributed by atoms with van der Waals surface area (Å²) < 4.78 is 0. The summed E-state index contributed by atoms with van der Waals surface area (Å²) in [6, 6.07) is 5.78. The number of rotatable bonds is 2. The van der Waals surface area contributed by atoms with Crippen molar-refractivity contribution < 1.29 is 10.2 Å². The van der Waals surface area contributed by atoms with Crippen molar-refractivity contribution in [1.82, 2.24) is 4.98 Å². The molecule has 0 aliphatic heterocycles. The number of aliphatic hydroxyl groups is 2. The molecule has 0 bridgehead atoms. The molecule has 1 heterocycles. The molecule has 4 unspecified atom stereocenters. The fourth-order valence-electron chi connectivity index (χ4n) is 4.60. The largest absolute Gasteiger partial charge is 0.396 e. The molecule has 4 atom stereocenters. The lowest BCUT2D eigenvalue weighted by Crippen LogP contribution is -2.47. The standard InChI is InChI=1S/C16H23NO2/c1-15-8-4-5-12(11-18)13(15)7-9-16(15,19)14-6-2-3-10-17-14/h2-3,6,10,12-13,18-19H,4-5,7-9,11H2,1H3. The molecule has 2 aliphatic carbocycles. The Kier molecular flexibility index (Phi) is 3.14. The fraction of sp³-hybridized carbons (Fsp3) is 0.688. The van der Waals surface area contributed by atoms with Gasteiger partial charge in [0.05, 0.1) is 5.69 Å². The van der Waals surface area contributed by atoms with E-state index in [0.717, 1.165) is 37.8 Å². The number of aromatic nitrogens is 1. The second-order valence-corrected chi connectivity index (χ2v) is 6.47. The quantitative estimate of drug-likeness (QED) is 0.860. The predicted molar refractivity (Wildman–Crippen MR) is 73.4 cm³/mol. The summed E-state index contributed by atoms with van der Waals surface area (Å²) in [7, 11) is 0. The van der Waals surface area contributed by atoms with E-state index in [2.05, 4.69) is 11.9 Å². The van der Waals surface area contributed by atoms with E-state index in [-0.39, 0.29) is 12.0 Å². The second kappa shape index (κ2) is 4.57. The highest BCUT2D eigenvalue weighted by atomic mass is 16.3. The van der Waals surface area contributed by atoms with Crippen LogP contribution in [0, 0.1) is 17.3 Å². The first kappa shape index (κ1) is 13.1. The van der Waals surface area contributed by atoms with Crippen LogP contribution in [-0.4, -0.2) is 21.8 Å². The van der Waals surface area contributed by atoms with Gasteiger partial charge in [0.2, 0.25) is 0 Å². The topological polar surface area (TPSA) is 53.4 Å². The Balaban J connectivity index is 2.00. The van der Waals surface area contributed by atoms with Gasteiger partial charge in [0.15, 0.2) is 0 Å². The van der Waals surface area contributed by atoms with Crippen molar-refractivity contribution in [2.75, 3.05) is 6.61 Å². The summed E-state index contributed by atoms with van der Waals surface area (Å²) in [5, 5.41) is 20.9. The summed E-state index contributed by atoms with van der Waals surface area (Å²) in [6.45, 7) is 2.44. The maximum absolute atomic E-state index is 11.3. The van der Waals surface area contributed by atoms with Crippen LogP contribution >= 0.6 is 0 Å². The molecular formula is C16H23NO2. The van der Waals surface area contributed by atoms with Gasteiger partial charge in [-0.05, 0) is 49.7 Å². The SMILES string of the molecule is CC12CCCC(CO)C1CCC2(O)c1ccccn1. The van der Waals surface area contributed by atoms with Crippen LogP contribution in [0.25, 0.3) is 0 Å². The van der Waals surface area contributed by atoms with E-state index in [9.17, 15) is 10.2 Å². The van der Waals surface area contributed by atoms with Gasteiger partial charge in [0.25, 0.3) is 0 Å². The minimum absolute atomic E-state index is 0.146. The van der Waals surface area contributed by atoms with Gasteiger partial charge < -0.3 is 10.2 Å². The zero-order chi connectivity index (χ0) is 13.5. The number of hydrogen-bond acceptors (Lipinski definition) is 3. The molecule has 1 aromatic rings. The first-order valence-electron chi connectivity index (χ1n) is 7.36. The molecule has 3 heteroatoms. The van der Waals surface area contributed by atoms with Gasteiger partial charge in [0, 0.05) is 18.2 Å². The third-order valence-corrected chi connectivity index (χ3v) is 5.74. The highest BCUT2D eigenvalue weighted by molar-refractivity contribution is 5.22. The highest BCUT2D eigenvalue weighted by Gasteiger charge is 2.60. The van der Waals surface area contributed by atoms with Crippen molar-refractivity contribution >= 4 is 0 Å². The second-order valence-electron chi connectivity index (χ2n) is 6.47. The van der Waals surface area contributed by atoms with Crippen LogP contribution in [0.4, 0.5) is 0 Å². The van der Waals surface area contributed by atoms with Crippen LogP contribution in [0.1, 0.15) is 44.7 Å². The van der Waals surface area contributed by atoms with Crippen LogP contribution in [0.3, 0.4) is 0 Å². The molecule has 104 valence electrons. The van der Waals surface area contributed by atoms with E-state index >= 15 is 0 Å². The predicted octanol–water partition coefficient (Wildman–Crippen LogP) is 2.48. The van der Waals surface area contributed by atoms with E-state index < -0.39 is 5.60 Å². The van der Waals surface area contributed by atoms with E-state index in [4.69, 9.17) is 0 Å². The Bertz CT molecular complexity index is 449. The van der Waals surface area contributed by atoms with Gasteiger partial charge in [-0.25, -0.2) is 0 Å². The fourth-order valence-corrected chi connectivity index (χ4v) is 4.60. The Labute approximate surface area is 114 Å². The zero-order valence-electron chi connectivity index (χ0n) is 11.5. The molecule has 0 aromatic carbocycles. The third-order valence-electron chi connectivity index (χ3n) is 5.74. The summed E-state index contributed by atoms with van der Waals surface area (Å²) >= 11 is 0. The Morgan fingerprint density at radius 2 is 2.16 bits per heavy atom. The molecule has 0 saturated heterocycles. The number of fused-ring (bicyclic) bond motifs is 1. The maximum atomic E-state index is 11.3. The minimum Gasteiger partial charge on any atom is -0.396 e. The minimum atomic E-state index is -0.827. The molecule has 0 radical (unpaired) electrons. The number of pyridine rings is 1. The Morgan fingerprint density at radius 3 is 2.84 bits per heavy atom. The van der Waals surface area contributed by atoms with Crippen molar-refractivity contribution in [3.05, 3.63) is 30.1 Å². The molecule has 2 fully saturated rings. The van der Waals surface area contributed by atoms with Crippen molar-refractivity contribution in [2.45, 2.75) is 44.6 Å². The molecule has 2 saturated carbocycles. The van der Waals surface area contributed by atoms with Gasteiger partial charge in [-0.15, -0.1) is 0 Å². The number of nitrogens with zero attached hydrogens (tertiary/aromatic N) is 1. The van der Waals surface area contributed by atoms with Gasteiger partial charge in [0.1, 0.15) is 5.60 Å². The molecule has 0 amide bonds. The molecule has 2 aliphatic rings. The van der Waals surface area contributed by atoms with E-state index in [1.165, 1.54) is 0 Å². The van der Waals surface area contributed by atoms with E-state index in [1.807, 2.05) is 18.2 Å². The van der Waals surface area contributed by atoms with Crippen LogP contribution in [0.15, 0.2) is 24.4 Å². The van der Waals surface area contributed by atoms with Gasteiger partial charge >= 0.3 is 0 Å². The van der Waals surface area contributed by atoms with Crippen molar-refractivity contribution in [2.24, 2.45) is 17.3 Å². The van der Waals surface area contributed by atoms with Gasteiger partial charge in [-0.1, -0.05) is 19.4 Å². The lowest BCUT2D eigenvalue weighted by Gasteiger charge is -2.48. The lowest BCUT2D eigenvalue weighted by molar-refractivity contribution is -0.110. The molecule has 3 rings (SSSR count). The molecule has 19 heavy (non-hydrogen) atoms. The van der Waals surface area contributed by atoms with Crippen LogP contribution < -0.4 is 0 Å². The summed E-state index contributed by atoms with van der Waals surface area (Å²) in [4.78, 5) is 4.41. The van der Waals surface area contributed by atoms with E-state index in [1.54, 1.807) is 6.20 Å². The molecule has 0 spiro atoms. The Hall–Kier alpha value is -0.930. The summed E-state index contributed by atoms with van der Waals surface area (Å²) in [5.41, 5.74) is -0.168. The maximum Gasteiger partial charge on any atom is 0.112 e. The third kappa shape index (κ3) is 1.75. The summed E-state index contributed by atoms with van der Waals surface area (Å²) in [6.07, 6.45) is 6.73. The van der Waals surface area contributed by atoms with Gasteiger partial charge in [-0.2, -0.15) is 0 Å². The number of aliphatic hydroxyl groups excluding tert-OH is 1. The molecule has 1 aromatic heterocycles. The van der Waals surface area contributed by atoms with Gasteiger partial charge in [-0.3, -0.25) is 4.98 Å². The van der Waals surface area contributed by atoms with Crippen LogP contribution in [0.5, 0.6) is 0 Å². The summed E-state index contributed by atoms with van der Waals surface area (Å²) in [5.74, 6) is 0.759. The van der Waals surface area contributed by atoms with Crippen molar-refractivity contribution in [1.29, 1.82) is 0 Å². The van der Waals surface area contributed by atoms with Crippen molar-refractivity contribution in [3.8, 4) is 0 Å². The Morgan fingerprint density at radius 1 is 1.32 bits per heavy atom.